The molecule has 0 aliphatic carbocycles. The maximum atomic E-state index is 12.1. The Hall–Kier alpha value is -0.650. The molecule has 0 aliphatic heterocycles. The highest BCUT2D eigenvalue weighted by molar-refractivity contribution is 7.99. The van der Waals surface area contributed by atoms with Crippen LogP contribution in [0.15, 0.2) is 29.2 Å². The number of alkyl halides is 2. The van der Waals surface area contributed by atoms with Crippen LogP contribution in [0.5, 0.6) is 0 Å². The summed E-state index contributed by atoms with van der Waals surface area (Å²) in [4.78, 5) is 2.69. The van der Waals surface area contributed by atoms with Gasteiger partial charge in [-0.25, -0.2) is 0 Å². The van der Waals surface area contributed by atoms with Crippen molar-refractivity contribution in [3.8, 4) is 0 Å². The highest BCUT2D eigenvalue weighted by Crippen LogP contribution is 2.25. The maximum absolute atomic E-state index is 12.1. The number of halogens is 2. The molecule has 0 amide bonds. The third-order valence-electron chi connectivity index (χ3n) is 2.11. The smallest absolute Gasteiger partial charge is 0.288 e. The largest absolute Gasteiger partial charge is 0.329 e. The lowest BCUT2D eigenvalue weighted by molar-refractivity contribution is 0.252. The van der Waals surface area contributed by atoms with Crippen molar-refractivity contribution in [2.45, 2.75) is 17.2 Å². The number of thioether (sulfide) groups is 1. The Kier molecular flexibility index (Phi) is 5.73. The van der Waals surface area contributed by atoms with E-state index in [1.165, 1.54) is 0 Å². The van der Waals surface area contributed by atoms with Crippen LogP contribution in [0.3, 0.4) is 0 Å². The Morgan fingerprint density at radius 1 is 1.31 bits per heavy atom. The molecule has 0 aromatic heterocycles. The molecule has 1 aromatic rings. The molecule has 2 nitrogen and oxygen atoms in total. The van der Waals surface area contributed by atoms with Gasteiger partial charge in [0.25, 0.3) is 5.76 Å². The van der Waals surface area contributed by atoms with Gasteiger partial charge < -0.3 is 10.6 Å². The third-order valence-corrected chi connectivity index (χ3v) is 2.83. The summed E-state index contributed by atoms with van der Waals surface area (Å²) in [6.07, 6.45) is 0. The minimum atomic E-state index is -2.36. The molecule has 2 N–H and O–H groups in total. The second-order valence-electron chi connectivity index (χ2n) is 3.55. The van der Waals surface area contributed by atoms with Crippen molar-refractivity contribution < 1.29 is 8.78 Å². The molecule has 0 heterocycles. The van der Waals surface area contributed by atoms with Crippen LogP contribution in [0.4, 0.5) is 8.78 Å². The van der Waals surface area contributed by atoms with E-state index in [9.17, 15) is 8.78 Å². The van der Waals surface area contributed by atoms with E-state index in [-0.39, 0.29) is 0 Å². The lowest BCUT2D eigenvalue weighted by Crippen LogP contribution is -2.24. The average molecular weight is 246 g/mol. The molecule has 16 heavy (non-hydrogen) atoms. The molecule has 0 fully saturated rings. The number of benzene rings is 1. The SMILES string of the molecule is CN(CCN)Cc1ccc(SC(F)F)cc1. The molecule has 1 rings (SSSR count). The van der Waals surface area contributed by atoms with Crippen molar-refractivity contribution in [3.63, 3.8) is 0 Å². The van der Waals surface area contributed by atoms with Crippen LogP contribution in [0.25, 0.3) is 0 Å². The number of rotatable bonds is 6. The molecular formula is C11H16F2N2S. The first-order valence-corrected chi connectivity index (χ1v) is 5.92. The zero-order valence-electron chi connectivity index (χ0n) is 9.20. The Morgan fingerprint density at radius 2 is 1.94 bits per heavy atom. The third kappa shape index (κ3) is 4.92. The van der Waals surface area contributed by atoms with E-state index in [1.54, 1.807) is 12.1 Å². The van der Waals surface area contributed by atoms with E-state index in [1.807, 2.05) is 19.2 Å². The van der Waals surface area contributed by atoms with E-state index in [0.717, 1.165) is 18.7 Å². The fraction of sp³-hybridized carbons (Fsp3) is 0.455. The summed E-state index contributed by atoms with van der Waals surface area (Å²) in [5.41, 5.74) is 6.54. The van der Waals surface area contributed by atoms with Crippen LogP contribution in [-0.4, -0.2) is 30.8 Å². The van der Waals surface area contributed by atoms with E-state index in [4.69, 9.17) is 5.73 Å². The fourth-order valence-electron chi connectivity index (χ4n) is 1.39. The van der Waals surface area contributed by atoms with Crippen LogP contribution < -0.4 is 5.73 Å². The van der Waals surface area contributed by atoms with Gasteiger partial charge in [0.2, 0.25) is 0 Å². The monoisotopic (exact) mass is 246 g/mol. The summed E-state index contributed by atoms with van der Waals surface area (Å²) in [7, 11) is 1.98. The molecule has 0 spiro atoms. The van der Waals surface area contributed by atoms with Crippen molar-refractivity contribution in [1.82, 2.24) is 4.90 Å². The molecule has 0 radical (unpaired) electrons. The van der Waals surface area contributed by atoms with Crippen molar-refractivity contribution in [2.24, 2.45) is 5.73 Å². The average Bonchev–Trinajstić information content (AvgIpc) is 2.20. The van der Waals surface area contributed by atoms with Crippen molar-refractivity contribution in [1.29, 1.82) is 0 Å². The topological polar surface area (TPSA) is 29.3 Å². The minimum absolute atomic E-state index is 0.569. The quantitative estimate of drug-likeness (QED) is 0.781. The van der Waals surface area contributed by atoms with Gasteiger partial charge >= 0.3 is 0 Å². The Bertz CT molecular complexity index is 303. The van der Waals surface area contributed by atoms with Gasteiger partial charge in [-0.1, -0.05) is 23.9 Å². The summed E-state index contributed by atoms with van der Waals surface area (Å²) in [5, 5.41) is 0. The van der Waals surface area contributed by atoms with Crippen LogP contribution in [0, 0.1) is 0 Å². The van der Waals surface area contributed by atoms with E-state index >= 15 is 0 Å². The highest BCUT2D eigenvalue weighted by atomic mass is 32.2. The molecular weight excluding hydrogens is 230 g/mol. The lowest BCUT2D eigenvalue weighted by Gasteiger charge is -2.15. The molecule has 0 aliphatic rings. The van der Waals surface area contributed by atoms with Gasteiger partial charge in [0, 0.05) is 24.5 Å². The maximum Gasteiger partial charge on any atom is 0.288 e. The Labute approximate surface area is 98.8 Å². The summed E-state index contributed by atoms with van der Waals surface area (Å²) < 4.78 is 24.1. The zero-order valence-corrected chi connectivity index (χ0v) is 10.0. The number of likely N-dealkylation sites (N-methyl/N-ethyl adjacent to an activating group) is 1. The van der Waals surface area contributed by atoms with E-state index in [0.29, 0.717) is 23.2 Å². The first-order valence-electron chi connectivity index (χ1n) is 5.04. The van der Waals surface area contributed by atoms with Crippen molar-refractivity contribution in [3.05, 3.63) is 29.8 Å². The van der Waals surface area contributed by atoms with Gasteiger partial charge in [-0.05, 0) is 24.7 Å². The Morgan fingerprint density at radius 3 is 2.44 bits per heavy atom. The first-order chi connectivity index (χ1) is 7.61. The van der Waals surface area contributed by atoms with Crippen LogP contribution in [0.1, 0.15) is 5.56 Å². The van der Waals surface area contributed by atoms with E-state index < -0.39 is 5.76 Å². The minimum Gasteiger partial charge on any atom is -0.329 e. The van der Waals surface area contributed by atoms with Gasteiger partial charge in [0.15, 0.2) is 0 Å². The molecule has 0 atom stereocenters. The van der Waals surface area contributed by atoms with Crippen molar-refractivity contribution >= 4 is 11.8 Å². The predicted octanol–water partition coefficient (Wildman–Crippen LogP) is 2.39. The first kappa shape index (κ1) is 13.4. The van der Waals surface area contributed by atoms with Crippen LogP contribution >= 0.6 is 11.8 Å². The number of hydrogen-bond acceptors (Lipinski definition) is 3. The van der Waals surface area contributed by atoms with E-state index in [2.05, 4.69) is 4.90 Å². The standard InChI is InChI=1S/C11H16F2N2S/c1-15(7-6-14)8-9-2-4-10(5-3-9)16-11(12)13/h2-5,11H,6-8,14H2,1H3. The molecule has 90 valence electrons. The number of nitrogens with two attached hydrogens (primary N) is 1. The summed E-state index contributed by atoms with van der Waals surface area (Å²) >= 11 is 0.569. The van der Waals surface area contributed by atoms with Crippen LogP contribution in [0.2, 0.25) is 0 Å². The fourth-order valence-corrected chi connectivity index (χ4v) is 1.89. The van der Waals surface area contributed by atoms with Gasteiger partial charge in [-0.2, -0.15) is 8.78 Å². The zero-order chi connectivity index (χ0) is 12.0. The van der Waals surface area contributed by atoms with Crippen LogP contribution in [-0.2, 0) is 6.54 Å². The molecule has 0 bridgehead atoms. The van der Waals surface area contributed by atoms with Gasteiger partial charge in [-0.15, -0.1) is 0 Å². The summed E-state index contributed by atoms with van der Waals surface area (Å²) in [6.45, 7) is 2.24. The second kappa shape index (κ2) is 6.83. The molecule has 5 heteroatoms. The normalized spacial score (nSPS) is 11.4. The lowest BCUT2D eigenvalue weighted by atomic mass is 10.2. The second-order valence-corrected chi connectivity index (χ2v) is 4.61. The predicted molar refractivity (Wildman–Crippen MR) is 63.7 cm³/mol. The highest BCUT2D eigenvalue weighted by Gasteiger charge is 2.05. The van der Waals surface area contributed by atoms with Gasteiger partial charge in [0.05, 0.1) is 0 Å². The molecule has 1 aromatic carbocycles. The van der Waals surface area contributed by atoms with Gasteiger partial charge in [0.1, 0.15) is 0 Å². The molecule has 0 saturated heterocycles. The van der Waals surface area contributed by atoms with Crippen molar-refractivity contribution in [2.75, 3.05) is 20.1 Å². The number of nitrogens with zero attached hydrogens (tertiary/aromatic N) is 1. The molecule has 0 saturated carbocycles. The number of hydrogen-bond donors (Lipinski definition) is 1. The molecule has 0 unspecified atom stereocenters. The summed E-state index contributed by atoms with van der Waals surface area (Å²) in [6, 6.07) is 7.19. The van der Waals surface area contributed by atoms with Gasteiger partial charge in [-0.3, -0.25) is 0 Å². The summed E-state index contributed by atoms with van der Waals surface area (Å²) in [5.74, 6) is -2.36. The Balaban J connectivity index is 2.50.